The van der Waals surface area contributed by atoms with Gasteiger partial charge in [-0.2, -0.15) is 5.10 Å². The molecule has 1 saturated carbocycles. The van der Waals surface area contributed by atoms with E-state index in [4.69, 9.17) is 0 Å². The zero-order valence-corrected chi connectivity index (χ0v) is 13.1. The summed E-state index contributed by atoms with van der Waals surface area (Å²) in [6, 6.07) is 6.34. The number of carbonyl (C=O) groups is 1. The van der Waals surface area contributed by atoms with Crippen molar-refractivity contribution >= 4 is 11.8 Å². The molecule has 1 saturated heterocycles. The van der Waals surface area contributed by atoms with Crippen LogP contribution in [-0.2, 0) is 0 Å². The van der Waals surface area contributed by atoms with E-state index in [9.17, 15) is 4.79 Å². The molecule has 1 atom stereocenters. The summed E-state index contributed by atoms with van der Waals surface area (Å²) in [5, 5.41) is 7.38. The molecule has 2 aromatic rings. The highest BCUT2D eigenvalue weighted by molar-refractivity contribution is 5.88. The first-order valence-electron chi connectivity index (χ1n) is 8.30. The molecular weight excluding hydrogens is 290 g/mol. The van der Waals surface area contributed by atoms with Crippen LogP contribution in [0, 0.1) is 0 Å². The molecule has 2 amide bonds. The Morgan fingerprint density at radius 3 is 2.87 bits per heavy atom. The number of likely N-dealkylation sites (tertiary alicyclic amines) is 1. The Hall–Kier alpha value is -2.37. The predicted molar refractivity (Wildman–Crippen MR) is 87.3 cm³/mol. The van der Waals surface area contributed by atoms with Crippen LogP contribution in [0.3, 0.4) is 0 Å². The molecule has 0 radical (unpaired) electrons. The molecule has 2 fully saturated rings. The third kappa shape index (κ3) is 2.81. The lowest BCUT2D eigenvalue weighted by molar-refractivity contribution is 0.221. The summed E-state index contributed by atoms with van der Waals surface area (Å²) in [6.07, 6.45) is 9.98. The molecule has 1 aliphatic heterocycles. The number of aromatic nitrogens is 3. The third-order valence-electron chi connectivity index (χ3n) is 4.96. The van der Waals surface area contributed by atoms with Crippen LogP contribution < -0.4 is 5.32 Å². The van der Waals surface area contributed by atoms with Gasteiger partial charge in [-0.1, -0.05) is 6.07 Å². The van der Waals surface area contributed by atoms with Gasteiger partial charge in [0.25, 0.3) is 0 Å². The van der Waals surface area contributed by atoms with Crippen molar-refractivity contribution in [2.45, 2.75) is 37.6 Å². The zero-order valence-electron chi connectivity index (χ0n) is 13.1. The van der Waals surface area contributed by atoms with Gasteiger partial charge in [0.05, 0.1) is 12.2 Å². The van der Waals surface area contributed by atoms with Gasteiger partial charge in [0.2, 0.25) is 0 Å². The van der Waals surface area contributed by atoms with Crippen molar-refractivity contribution < 1.29 is 4.79 Å². The number of urea groups is 1. The Bertz CT molecular complexity index is 679. The van der Waals surface area contributed by atoms with Crippen molar-refractivity contribution in [3.8, 4) is 0 Å². The highest BCUT2D eigenvalue weighted by atomic mass is 16.2. The van der Waals surface area contributed by atoms with Gasteiger partial charge in [-0.05, 0) is 37.3 Å². The van der Waals surface area contributed by atoms with E-state index >= 15 is 0 Å². The number of hydrogen-bond donors (Lipinski definition) is 1. The topological polar surface area (TPSA) is 63.1 Å². The van der Waals surface area contributed by atoms with Gasteiger partial charge in [-0.3, -0.25) is 10.3 Å². The summed E-state index contributed by atoms with van der Waals surface area (Å²) in [5.41, 5.74) is 1.21. The van der Waals surface area contributed by atoms with Crippen LogP contribution in [0.4, 0.5) is 10.6 Å². The maximum absolute atomic E-state index is 12.5. The number of hydrogen-bond acceptors (Lipinski definition) is 3. The predicted octanol–water partition coefficient (Wildman–Crippen LogP) is 3.02. The molecule has 1 aliphatic carbocycles. The minimum absolute atomic E-state index is 0.0301. The zero-order chi connectivity index (χ0) is 15.6. The van der Waals surface area contributed by atoms with Crippen molar-refractivity contribution in [2.75, 3.05) is 18.4 Å². The number of amides is 2. The molecule has 6 heteroatoms. The fourth-order valence-corrected chi connectivity index (χ4v) is 3.36. The van der Waals surface area contributed by atoms with E-state index in [2.05, 4.69) is 21.5 Å². The van der Waals surface area contributed by atoms with Gasteiger partial charge < -0.3 is 4.90 Å². The molecule has 1 unspecified atom stereocenters. The summed E-state index contributed by atoms with van der Waals surface area (Å²) in [6.45, 7) is 1.53. The molecular formula is C17H21N5O. The van der Waals surface area contributed by atoms with Gasteiger partial charge in [-0.25, -0.2) is 9.48 Å². The van der Waals surface area contributed by atoms with E-state index in [1.165, 1.54) is 12.0 Å². The first-order valence-corrected chi connectivity index (χ1v) is 8.30. The van der Waals surface area contributed by atoms with E-state index in [1.807, 2.05) is 27.9 Å². The van der Waals surface area contributed by atoms with Crippen LogP contribution in [0.1, 0.15) is 43.2 Å². The van der Waals surface area contributed by atoms with E-state index in [0.29, 0.717) is 12.0 Å². The Morgan fingerprint density at radius 1 is 1.22 bits per heavy atom. The second-order valence-corrected chi connectivity index (χ2v) is 6.39. The second kappa shape index (κ2) is 6.02. The first-order chi connectivity index (χ1) is 11.3. The van der Waals surface area contributed by atoms with Crippen LogP contribution in [0.25, 0.3) is 0 Å². The molecule has 1 N–H and O–H groups in total. The number of nitrogens with one attached hydrogen (secondary N) is 1. The molecule has 3 heterocycles. The normalized spacial score (nSPS) is 21.2. The summed E-state index contributed by atoms with van der Waals surface area (Å²) >= 11 is 0. The van der Waals surface area contributed by atoms with Crippen LogP contribution >= 0.6 is 0 Å². The standard InChI is InChI=1S/C17H21N5O/c23-17(20-16-6-9-19-22(16)15-4-1-5-15)21-10-7-14(12-21)13-3-2-8-18-11-13/h2-3,6,8-9,11,14-15H,1,4-5,7,10,12H2,(H,20,23). The molecule has 2 aliphatic rings. The molecule has 120 valence electrons. The summed E-state index contributed by atoms with van der Waals surface area (Å²) in [7, 11) is 0. The van der Waals surface area contributed by atoms with Crippen LogP contribution in [-0.4, -0.2) is 38.8 Å². The molecule has 23 heavy (non-hydrogen) atoms. The second-order valence-electron chi connectivity index (χ2n) is 6.39. The fraction of sp³-hybridized carbons (Fsp3) is 0.471. The van der Waals surface area contributed by atoms with E-state index in [1.54, 1.807) is 12.4 Å². The Labute approximate surface area is 135 Å². The van der Waals surface area contributed by atoms with E-state index in [-0.39, 0.29) is 6.03 Å². The smallest absolute Gasteiger partial charge is 0.323 e. The van der Waals surface area contributed by atoms with Crippen molar-refractivity contribution in [3.05, 3.63) is 42.4 Å². The maximum atomic E-state index is 12.5. The number of carbonyl (C=O) groups excluding carboxylic acids is 1. The minimum atomic E-state index is -0.0301. The van der Waals surface area contributed by atoms with Gasteiger partial charge in [0, 0.05) is 37.5 Å². The lowest BCUT2D eigenvalue weighted by atomic mass is 9.93. The molecule has 0 spiro atoms. The third-order valence-corrected chi connectivity index (χ3v) is 4.96. The summed E-state index contributed by atoms with van der Waals surface area (Å²) in [5.74, 6) is 1.19. The van der Waals surface area contributed by atoms with Crippen LogP contribution in [0.2, 0.25) is 0 Å². The monoisotopic (exact) mass is 311 g/mol. The molecule has 0 aromatic carbocycles. The Morgan fingerprint density at radius 2 is 2.13 bits per heavy atom. The lowest BCUT2D eigenvalue weighted by Gasteiger charge is -2.28. The Balaban J connectivity index is 1.40. The van der Waals surface area contributed by atoms with Gasteiger partial charge in [0.15, 0.2) is 0 Å². The lowest BCUT2D eigenvalue weighted by Crippen LogP contribution is -2.34. The Kier molecular flexibility index (Phi) is 3.73. The highest BCUT2D eigenvalue weighted by Crippen LogP contribution is 2.33. The molecule has 6 nitrogen and oxygen atoms in total. The SMILES string of the molecule is O=C(Nc1ccnn1C1CCC1)N1CCC(c2cccnc2)C1. The number of pyridine rings is 1. The van der Waals surface area contributed by atoms with Crippen molar-refractivity contribution in [2.24, 2.45) is 0 Å². The van der Waals surface area contributed by atoms with Gasteiger partial charge >= 0.3 is 6.03 Å². The van der Waals surface area contributed by atoms with Crippen molar-refractivity contribution in [3.63, 3.8) is 0 Å². The van der Waals surface area contributed by atoms with Crippen molar-refractivity contribution in [1.82, 2.24) is 19.7 Å². The van der Waals surface area contributed by atoms with E-state index in [0.717, 1.165) is 38.2 Å². The number of anilines is 1. The van der Waals surface area contributed by atoms with E-state index < -0.39 is 0 Å². The quantitative estimate of drug-likeness (QED) is 0.947. The largest absolute Gasteiger partial charge is 0.324 e. The van der Waals surface area contributed by atoms with Gasteiger partial charge in [0.1, 0.15) is 5.82 Å². The summed E-state index contributed by atoms with van der Waals surface area (Å²) < 4.78 is 1.95. The van der Waals surface area contributed by atoms with Crippen molar-refractivity contribution in [1.29, 1.82) is 0 Å². The summed E-state index contributed by atoms with van der Waals surface area (Å²) in [4.78, 5) is 18.6. The number of nitrogens with zero attached hydrogens (tertiary/aromatic N) is 4. The van der Waals surface area contributed by atoms with Gasteiger partial charge in [-0.15, -0.1) is 0 Å². The average molecular weight is 311 g/mol. The minimum Gasteiger partial charge on any atom is -0.324 e. The molecule has 0 bridgehead atoms. The van der Waals surface area contributed by atoms with Crippen LogP contribution in [0.15, 0.2) is 36.8 Å². The highest BCUT2D eigenvalue weighted by Gasteiger charge is 2.29. The van der Waals surface area contributed by atoms with Crippen LogP contribution in [0.5, 0.6) is 0 Å². The molecule has 2 aromatic heterocycles. The number of rotatable bonds is 3. The average Bonchev–Trinajstić information content (AvgIpc) is 3.17. The maximum Gasteiger partial charge on any atom is 0.323 e. The fourth-order valence-electron chi connectivity index (χ4n) is 3.36. The molecule has 4 rings (SSSR count). The first kappa shape index (κ1) is 14.2.